The van der Waals surface area contributed by atoms with E-state index in [9.17, 15) is 9.59 Å². The zero-order chi connectivity index (χ0) is 14.4. The Labute approximate surface area is 121 Å². The molecular formula is C16H18N2O3. The number of carbonyl (C=O) groups excluding carboxylic acids is 1. The molecule has 1 aromatic carbocycles. The molecule has 4 rings (SSSR count). The minimum absolute atomic E-state index is 0.0674. The molecule has 0 aliphatic heterocycles. The minimum atomic E-state index is -0.476. The van der Waals surface area contributed by atoms with E-state index < -0.39 is 5.76 Å². The second-order valence-electron chi connectivity index (χ2n) is 6.41. The molecule has 2 N–H and O–H groups in total. The van der Waals surface area contributed by atoms with Crippen LogP contribution in [0.25, 0.3) is 11.1 Å². The molecule has 2 aliphatic carbocycles. The summed E-state index contributed by atoms with van der Waals surface area (Å²) in [6.45, 7) is 0. The van der Waals surface area contributed by atoms with Crippen LogP contribution in [0.1, 0.15) is 32.1 Å². The summed E-state index contributed by atoms with van der Waals surface area (Å²) in [5.74, 6) is 1.77. The van der Waals surface area contributed by atoms with Crippen LogP contribution in [0.5, 0.6) is 0 Å². The van der Waals surface area contributed by atoms with E-state index in [-0.39, 0.29) is 5.91 Å². The summed E-state index contributed by atoms with van der Waals surface area (Å²) in [6.07, 6.45) is 5.80. The third-order valence-electron chi connectivity index (χ3n) is 5.03. The quantitative estimate of drug-likeness (QED) is 0.911. The summed E-state index contributed by atoms with van der Waals surface area (Å²) < 4.78 is 4.95. The number of nitrogens with one attached hydrogen (secondary N) is 2. The number of anilines is 1. The molecule has 1 heterocycles. The van der Waals surface area contributed by atoms with Crippen molar-refractivity contribution in [3.63, 3.8) is 0 Å². The van der Waals surface area contributed by atoms with Crippen LogP contribution in [0.3, 0.4) is 0 Å². The van der Waals surface area contributed by atoms with Crippen molar-refractivity contribution in [1.29, 1.82) is 0 Å². The summed E-state index contributed by atoms with van der Waals surface area (Å²) >= 11 is 0. The number of hydrogen-bond acceptors (Lipinski definition) is 3. The number of benzene rings is 1. The van der Waals surface area contributed by atoms with Crippen LogP contribution >= 0.6 is 0 Å². The van der Waals surface area contributed by atoms with Crippen LogP contribution in [0.4, 0.5) is 5.69 Å². The Morgan fingerprint density at radius 1 is 1.33 bits per heavy atom. The van der Waals surface area contributed by atoms with E-state index in [1.54, 1.807) is 18.2 Å². The molecule has 2 fully saturated rings. The number of amides is 1. The third kappa shape index (κ3) is 2.37. The van der Waals surface area contributed by atoms with Gasteiger partial charge in [-0.05, 0) is 55.2 Å². The zero-order valence-corrected chi connectivity index (χ0v) is 11.7. The molecule has 2 saturated carbocycles. The van der Waals surface area contributed by atoms with E-state index in [4.69, 9.17) is 4.42 Å². The normalized spacial score (nSPS) is 27.3. The first-order valence-corrected chi connectivity index (χ1v) is 7.60. The van der Waals surface area contributed by atoms with Crippen LogP contribution in [0.2, 0.25) is 0 Å². The van der Waals surface area contributed by atoms with Gasteiger partial charge in [0.2, 0.25) is 5.91 Å². The Morgan fingerprint density at radius 3 is 3.00 bits per heavy atom. The smallest absolute Gasteiger partial charge is 0.408 e. The van der Waals surface area contributed by atoms with Crippen LogP contribution in [-0.2, 0) is 4.79 Å². The fraction of sp³-hybridized carbons (Fsp3) is 0.500. The highest BCUT2D eigenvalue weighted by atomic mass is 16.4. The van der Waals surface area contributed by atoms with Crippen LogP contribution < -0.4 is 11.1 Å². The lowest BCUT2D eigenvalue weighted by Crippen LogP contribution is -2.20. The highest BCUT2D eigenvalue weighted by molar-refractivity contribution is 5.92. The Kier molecular flexibility index (Phi) is 2.87. The van der Waals surface area contributed by atoms with E-state index in [0.717, 1.165) is 11.8 Å². The Bertz CT molecular complexity index is 745. The Morgan fingerprint density at radius 2 is 2.24 bits per heavy atom. The van der Waals surface area contributed by atoms with E-state index in [1.807, 2.05) is 0 Å². The summed E-state index contributed by atoms with van der Waals surface area (Å²) in [6, 6.07) is 5.19. The largest absolute Gasteiger partial charge is 0.417 e. The first-order chi connectivity index (χ1) is 10.2. The number of carbonyl (C=O) groups is 1. The lowest BCUT2D eigenvalue weighted by molar-refractivity contribution is -0.117. The molecule has 2 bridgehead atoms. The SMILES string of the molecule is O=C(CC1CC2CCC1C2)Nc1ccc2oc(=O)[nH]c2c1. The van der Waals surface area contributed by atoms with Gasteiger partial charge in [-0.15, -0.1) is 0 Å². The van der Waals surface area contributed by atoms with Gasteiger partial charge in [-0.25, -0.2) is 4.79 Å². The van der Waals surface area contributed by atoms with E-state index in [1.165, 1.54) is 25.7 Å². The van der Waals surface area contributed by atoms with Crippen molar-refractivity contribution in [2.24, 2.45) is 17.8 Å². The van der Waals surface area contributed by atoms with Gasteiger partial charge in [-0.3, -0.25) is 9.78 Å². The van der Waals surface area contributed by atoms with Gasteiger partial charge in [0.05, 0.1) is 5.52 Å². The Balaban J connectivity index is 1.44. The maximum absolute atomic E-state index is 12.2. The third-order valence-corrected chi connectivity index (χ3v) is 5.03. The van der Waals surface area contributed by atoms with Crippen LogP contribution in [0, 0.1) is 17.8 Å². The van der Waals surface area contributed by atoms with Crippen molar-refractivity contribution in [2.45, 2.75) is 32.1 Å². The number of aromatic nitrogens is 1. The van der Waals surface area contributed by atoms with Crippen LogP contribution in [-0.4, -0.2) is 10.9 Å². The fourth-order valence-corrected chi connectivity index (χ4v) is 4.11. The molecule has 5 nitrogen and oxygen atoms in total. The first kappa shape index (κ1) is 12.7. The molecule has 3 unspecified atom stereocenters. The lowest BCUT2D eigenvalue weighted by Gasteiger charge is -2.20. The summed E-state index contributed by atoms with van der Waals surface area (Å²) in [5, 5.41) is 2.93. The molecule has 0 radical (unpaired) electrons. The standard InChI is InChI=1S/C16H18N2O3/c19-15(7-11-6-9-1-2-10(11)5-9)17-12-3-4-14-13(8-12)18-16(20)21-14/h3-4,8-11H,1-2,5-7H2,(H,17,19)(H,18,20). The summed E-state index contributed by atoms with van der Waals surface area (Å²) in [5.41, 5.74) is 1.82. The monoisotopic (exact) mass is 286 g/mol. The van der Waals surface area contributed by atoms with Gasteiger partial charge in [0.1, 0.15) is 0 Å². The molecule has 2 aromatic rings. The van der Waals surface area contributed by atoms with Crippen molar-refractivity contribution >= 4 is 22.7 Å². The second kappa shape index (κ2) is 4.76. The number of hydrogen-bond donors (Lipinski definition) is 2. The average Bonchev–Trinajstić information content (AvgIpc) is 3.11. The molecular weight excluding hydrogens is 268 g/mol. The average molecular weight is 286 g/mol. The minimum Gasteiger partial charge on any atom is -0.408 e. The van der Waals surface area contributed by atoms with Gasteiger partial charge in [-0.1, -0.05) is 6.42 Å². The second-order valence-corrected chi connectivity index (χ2v) is 6.41. The topological polar surface area (TPSA) is 75.1 Å². The van der Waals surface area contributed by atoms with Gasteiger partial charge >= 0.3 is 5.76 Å². The van der Waals surface area contributed by atoms with E-state index in [0.29, 0.717) is 29.1 Å². The molecule has 110 valence electrons. The van der Waals surface area contributed by atoms with Crippen molar-refractivity contribution in [1.82, 2.24) is 4.98 Å². The molecule has 0 saturated heterocycles. The van der Waals surface area contributed by atoms with Crippen molar-refractivity contribution in [2.75, 3.05) is 5.32 Å². The van der Waals surface area contributed by atoms with Crippen molar-refractivity contribution < 1.29 is 9.21 Å². The van der Waals surface area contributed by atoms with E-state index >= 15 is 0 Å². The lowest BCUT2D eigenvalue weighted by atomic mass is 9.86. The molecule has 2 aliphatic rings. The van der Waals surface area contributed by atoms with Crippen molar-refractivity contribution in [3.05, 3.63) is 28.7 Å². The first-order valence-electron chi connectivity index (χ1n) is 7.60. The number of rotatable bonds is 3. The molecule has 1 amide bonds. The van der Waals surface area contributed by atoms with Crippen molar-refractivity contribution in [3.8, 4) is 0 Å². The maximum atomic E-state index is 12.2. The van der Waals surface area contributed by atoms with E-state index in [2.05, 4.69) is 10.3 Å². The van der Waals surface area contributed by atoms with Gasteiger partial charge in [0.15, 0.2) is 5.58 Å². The fourth-order valence-electron chi connectivity index (χ4n) is 4.11. The maximum Gasteiger partial charge on any atom is 0.417 e. The zero-order valence-electron chi connectivity index (χ0n) is 11.7. The predicted octanol–water partition coefficient (Wildman–Crippen LogP) is 2.89. The molecule has 3 atom stereocenters. The highest BCUT2D eigenvalue weighted by Crippen LogP contribution is 2.49. The Hall–Kier alpha value is -2.04. The number of oxazole rings is 1. The molecule has 21 heavy (non-hydrogen) atoms. The van der Waals surface area contributed by atoms with Gasteiger partial charge in [-0.2, -0.15) is 0 Å². The number of fused-ring (bicyclic) bond motifs is 3. The number of aromatic amines is 1. The van der Waals surface area contributed by atoms with Gasteiger partial charge < -0.3 is 9.73 Å². The predicted molar refractivity (Wildman–Crippen MR) is 79.0 cm³/mol. The highest BCUT2D eigenvalue weighted by Gasteiger charge is 2.40. The molecule has 0 spiro atoms. The summed E-state index contributed by atoms with van der Waals surface area (Å²) in [7, 11) is 0. The molecule has 5 heteroatoms. The van der Waals surface area contributed by atoms with Gasteiger partial charge in [0, 0.05) is 12.1 Å². The summed E-state index contributed by atoms with van der Waals surface area (Å²) in [4.78, 5) is 25.9. The molecule has 1 aromatic heterocycles. The van der Waals surface area contributed by atoms with Gasteiger partial charge in [0.25, 0.3) is 0 Å². The van der Waals surface area contributed by atoms with Crippen LogP contribution in [0.15, 0.2) is 27.4 Å². The number of H-pyrrole nitrogens is 1.